The number of pyridine rings is 3. The number of hydrogen-bond acceptors (Lipinski definition) is 9. The monoisotopic (exact) mass is 646 g/mol. The van der Waals surface area contributed by atoms with Gasteiger partial charge < -0.3 is 14.4 Å². The maximum Gasteiger partial charge on any atom is 0.298 e. The zero-order valence-corrected chi connectivity index (χ0v) is 26.2. The number of thiophene rings is 1. The molecule has 0 aliphatic heterocycles. The first-order valence-corrected chi connectivity index (χ1v) is 15.8. The lowest BCUT2D eigenvalue weighted by molar-refractivity contribution is -0.121. The Morgan fingerprint density at radius 1 is 0.500 bits per heavy atom. The largest absolute Gasteiger partial charge is 0.429 e. The van der Waals surface area contributed by atoms with Crippen LogP contribution < -0.4 is 14.4 Å². The molecule has 0 aliphatic rings. The van der Waals surface area contributed by atoms with Gasteiger partial charge in [0.1, 0.15) is 11.5 Å². The van der Waals surface area contributed by atoms with E-state index in [0.29, 0.717) is 41.5 Å². The summed E-state index contributed by atoms with van der Waals surface area (Å²) >= 11 is 1.68. The normalized spacial score (nSPS) is 10.7. The van der Waals surface area contributed by atoms with Crippen molar-refractivity contribution >= 4 is 41.3 Å². The first-order chi connectivity index (χ1) is 23.7. The Bertz CT molecular complexity index is 2150. The van der Waals surface area contributed by atoms with Gasteiger partial charge in [-0.25, -0.2) is 4.98 Å². The average Bonchev–Trinajstić information content (AvgIpc) is 3.64. The number of aromatic nitrogens is 3. The zero-order chi connectivity index (χ0) is 32.7. The highest BCUT2D eigenvalue weighted by Gasteiger charge is 2.15. The van der Waals surface area contributed by atoms with Crippen LogP contribution in [-0.4, -0.2) is 27.9 Å². The molecule has 0 atom stereocenters. The Kier molecular flexibility index (Phi) is 8.75. The van der Waals surface area contributed by atoms with Crippen molar-refractivity contribution in [2.75, 3.05) is 4.90 Å². The van der Waals surface area contributed by atoms with Crippen molar-refractivity contribution in [2.45, 2.75) is 0 Å². The third kappa shape index (κ3) is 6.57. The molecular weight excluding hydrogens is 621 g/mol. The summed E-state index contributed by atoms with van der Waals surface area (Å²) in [5.74, 6) is 0.591. The van der Waals surface area contributed by atoms with Crippen LogP contribution in [-0.2, 0) is 9.59 Å². The summed E-state index contributed by atoms with van der Waals surface area (Å²) in [7, 11) is 0. The van der Waals surface area contributed by atoms with E-state index in [1.165, 1.54) is 6.20 Å². The Labute approximate surface area is 280 Å². The minimum absolute atomic E-state index is 0.278. The van der Waals surface area contributed by atoms with Gasteiger partial charge in [-0.2, -0.15) is 0 Å². The first kappa shape index (κ1) is 30.2. The van der Waals surface area contributed by atoms with E-state index in [1.807, 2.05) is 48.5 Å². The van der Waals surface area contributed by atoms with Gasteiger partial charge in [0.15, 0.2) is 0 Å². The van der Waals surface area contributed by atoms with Gasteiger partial charge in [0.05, 0.1) is 22.8 Å². The van der Waals surface area contributed by atoms with Gasteiger partial charge in [-0.05, 0) is 77.9 Å². The molecule has 7 rings (SSSR count). The van der Waals surface area contributed by atoms with Crippen LogP contribution in [0.4, 0.5) is 17.1 Å². The number of para-hydroxylation sites is 2. The van der Waals surface area contributed by atoms with Crippen LogP contribution in [0.5, 0.6) is 11.5 Å². The molecule has 48 heavy (non-hydrogen) atoms. The third-order valence-corrected chi connectivity index (χ3v) is 8.70. The molecule has 9 heteroatoms. The second-order valence-corrected chi connectivity index (χ2v) is 11.6. The fraction of sp³-hybridized carbons (Fsp3) is 0. The summed E-state index contributed by atoms with van der Waals surface area (Å²) in [6.07, 6.45) is 3.23. The second kappa shape index (κ2) is 13.9. The fourth-order valence-electron chi connectivity index (χ4n) is 5.32. The molecule has 7 aromatic rings. The predicted molar refractivity (Wildman–Crippen MR) is 188 cm³/mol. The summed E-state index contributed by atoms with van der Waals surface area (Å²) in [6.45, 7) is 0.697. The number of anilines is 3. The number of nitrogens with zero attached hydrogens (tertiary/aromatic N) is 4. The maximum absolute atomic E-state index is 11.2. The summed E-state index contributed by atoms with van der Waals surface area (Å²) in [5, 5.41) is 0. The number of benzene rings is 3. The summed E-state index contributed by atoms with van der Waals surface area (Å²) in [4.78, 5) is 40.1. The lowest BCUT2D eigenvalue weighted by Gasteiger charge is -2.25. The smallest absolute Gasteiger partial charge is 0.298 e. The first-order valence-electron chi connectivity index (χ1n) is 14.9. The molecule has 0 spiro atoms. The van der Waals surface area contributed by atoms with Crippen LogP contribution in [0.2, 0.25) is 0 Å². The molecule has 232 valence electrons. The van der Waals surface area contributed by atoms with Crippen molar-refractivity contribution in [3.05, 3.63) is 146 Å². The molecule has 8 nitrogen and oxygen atoms in total. The Balaban J connectivity index is 1.17. The van der Waals surface area contributed by atoms with Gasteiger partial charge in [0.25, 0.3) is 12.9 Å². The molecule has 0 amide bonds. The molecule has 0 aliphatic carbocycles. The van der Waals surface area contributed by atoms with E-state index in [0.717, 1.165) is 37.9 Å². The van der Waals surface area contributed by atoms with Crippen molar-refractivity contribution < 1.29 is 19.1 Å². The molecule has 4 heterocycles. The number of hydrogen-bond donors (Lipinski definition) is 0. The molecule has 4 aromatic heterocycles. The van der Waals surface area contributed by atoms with E-state index in [4.69, 9.17) is 14.5 Å². The number of carbonyl (C=O) groups is 2. The maximum atomic E-state index is 11.2. The van der Waals surface area contributed by atoms with Crippen LogP contribution in [0.3, 0.4) is 0 Å². The summed E-state index contributed by atoms with van der Waals surface area (Å²) < 4.78 is 10.1. The van der Waals surface area contributed by atoms with Gasteiger partial charge in [-0.15, -0.1) is 11.3 Å². The van der Waals surface area contributed by atoms with Crippen LogP contribution in [0.15, 0.2) is 146 Å². The molecule has 3 aromatic carbocycles. The predicted octanol–water partition coefficient (Wildman–Crippen LogP) is 9.14. The van der Waals surface area contributed by atoms with Crippen molar-refractivity contribution in [3.63, 3.8) is 0 Å². The molecular formula is C39H26N4O4S. The standard InChI is InChI=1S/C39H26N4O4S/c44-25-46-32-18-20-41-35(22-32)37-24-33(47-26-45)23-36(42-37)34-21-28(17-19-40-34)39-16-15-38(48-39)27-11-13-31(14-12-27)43(29-7-3-1-4-8-29)30-9-5-2-6-10-30/h1-26H. The van der Waals surface area contributed by atoms with E-state index in [1.54, 1.807) is 41.8 Å². The van der Waals surface area contributed by atoms with E-state index in [-0.39, 0.29) is 5.75 Å². The quantitative estimate of drug-likeness (QED) is 0.128. The van der Waals surface area contributed by atoms with E-state index >= 15 is 0 Å². The van der Waals surface area contributed by atoms with Crippen molar-refractivity contribution in [1.29, 1.82) is 0 Å². The van der Waals surface area contributed by atoms with E-state index in [2.05, 4.69) is 75.5 Å². The highest BCUT2D eigenvalue weighted by atomic mass is 32.1. The Morgan fingerprint density at radius 3 is 1.65 bits per heavy atom. The number of carbonyl (C=O) groups excluding carboxylic acids is 2. The zero-order valence-electron chi connectivity index (χ0n) is 25.3. The topological polar surface area (TPSA) is 94.5 Å². The highest BCUT2D eigenvalue weighted by Crippen LogP contribution is 2.39. The van der Waals surface area contributed by atoms with Crippen LogP contribution in [0.1, 0.15) is 0 Å². The molecule has 0 saturated heterocycles. The van der Waals surface area contributed by atoms with Crippen LogP contribution in [0.25, 0.3) is 43.7 Å². The lowest BCUT2D eigenvalue weighted by atomic mass is 10.1. The van der Waals surface area contributed by atoms with Gasteiger partial charge in [-0.1, -0.05) is 48.5 Å². The van der Waals surface area contributed by atoms with Gasteiger partial charge in [0.2, 0.25) is 0 Å². The fourth-order valence-corrected chi connectivity index (χ4v) is 6.33. The van der Waals surface area contributed by atoms with E-state index in [9.17, 15) is 9.59 Å². The Morgan fingerprint density at radius 2 is 1.02 bits per heavy atom. The van der Waals surface area contributed by atoms with Crippen LogP contribution in [0, 0.1) is 0 Å². The van der Waals surface area contributed by atoms with Crippen molar-refractivity contribution in [3.8, 4) is 55.2 Å². The minimum atomic E-state index is 0.278. The molecule has 0 bridgehead atoms. The second-order valence-electron chi connectivity index (χ2n) is 10.5. The van der Waals surface area contributed by atoms with Gasteiger partial charge in [-0.3, -0.25) is 19.6 Å². The van der Waals surface area contributed by atoms with Gasteiger partial charge >= 0.3 is 0 Å². The lowest BCUT2D eigenvalue weighted by Crippen LogP contribution is -2.09. The highest BCUT2D eigenvalue weighted by molar-refractivity contribution is 7.18. The van der Waals surface area contributed by atoms with Crippen molar-refractivity contribution in [2.24, 2.45) is 0 Å². The molecule has 0 N–H and O–H groups in total. The molecule has 0 unspecified atom stereocenters. The van der Waals surface area contributed by atoms with E-state index < -0.39 is 0 Å². The average molecular weight is 647 g/mol. The SMILES string of the molecule is O=COc1ccnc(-c2cc(OC=O)cc(-c3cc(-c4ccc(-c5ccc(N(c6ccccc6)c6ccccc6)cc5)s4)ccn3)n2)c1. The number of rotatable bonds is 11. The number of ether oxygens (including phenoxy) is 2. The van der Waals surface area contributed by atoms with Crippen LogP contribution >= 0.6 is 11.3 Å². The van der Waals surface area contributed by atoms with Gasteiger partial charge in [0, 0.05) is 57.4 Å². The molecule has 0 radical (unpaired) electrons. The molecule has 0 saturated carbocycles. The van der Waals surface area contributed by atoms with Crippen molar-refractivity contribution in [1.82, 2.24) is 15.0 Å². The molecule has 0 fully saturated rings. The Hall–Kier alpha value is -6.45. The third-order valence-electron chi connectivity index (χ3n) is 7.51. The minimum Gasteiger partial charge on any atom is -0.429 e. The summed E-state index contributed by atoms with van der Waals surface area (Å²) in [6, 6.07) is 43.7. The summed E-state index contributed by atoms with van der Waals surface area (Å²) in [5.41, 5.74) is 7.27.